The van der Waals surface area contributed by atoms with E-state index in [4.69, 9.17) is 15.2 Å². The maximum Gasteiger partial charge on any atom is 0.355 e. The van der Waals surface area contributed by atoms with Crippen LogP contribution in [0.25, 0.3) is 0 Å². The Kier molecular flexibility index (Phi) is 5.10. The number of esters is 2. The average molecular weight is 362 g/mol. The predicted octanol–water partition coefficient (Wildman–Crippen LogP) is 0.789. The number of amides is 1. The van der Waals surface area contributed by atoms with Crippen LogP contribution < -0.4 is 5.73 Å². The highest BCUT2D eigenvalue weighted by molar-refractivity contribution is 8.00. The Morgan fingerprint density at radius 2 is 1.96 bits per heavy atom. The molecule has 2 aliphatic heterocycles. The van der Waals surface area contributed by atoms with Gasteiger partial charge in [-0.3, -0.25) is 14.5 Å². The molecule has 1 fully saturated rings. The molecule has 1 amide bonds. The van der Waals surface area contributed by atoms with Crippen LogP contribution in [-0.4, -0.2) is 46.5 Å². The minimum Gasteiger partial charge on any atom is -0.461 e. The third-order valence-corrected chi connectivity index (χ3v) is 5.30. The third kappa shape index (κ3) is 3.54. The van der Waals surface area contributed by atoms with Crippen LogP contribution in [0.15, 0.2) is 41.6 Å². The Morgan fingerprint density at radius 1 is 1.24 bits per heavy atom. The summed E-state index contributed by atoms with van der Waals surface area (Å²) >= 11 is 1.44. The fourth-order valence-corrected chi connectivity index (χ4v) is 3.93. The van der Waals surface area contributed by atoms with Gasteiger partial charge in [0.1, 0.15) is 30.3 Å². The van der Waals surface area contributed by atoms with Crippen LogP contribution in [-0.2, 0) is 30.5 Å². The zero-order chi connectivity index (χ0) is 18.0. The van der Waals surface area contributed by atoms with Crippen molar-refractivity contribution in [2.24, 2.45) is 5.73 Å². The zero-order valence-corrected chi connectivity index (χ0v) is 14.5. The van der Waals surface area contributed by atoms with Gasteiger partial charge in [0, 0.05) is 18.2 Å². The lowest BCUT2D eigenvalue weighted by molar-refractivity contribution is -0.151. The molecule has 0 aromatic heterocycles. The molecule has 2 N–H and O–H groups in total. The molecule has 0 spiro atoms. The molecule has 132 valence electrons. The molecule has 1 unspecified atom stereocenters. The van der Waals surface area contributed by atoms with Crippen molar-refractivity contribution in [3.05, 3.63) is 47.2 Å². The summed E-state index contributed by atoms with van der Waals surface area (Å²) in [5.74, 6) is -0.949. The van der Waals surface area contributed by atoms with Crippen molar-refractivity contribution in [2.75, 3.05) is 12.4 Å². The van der Waals surface area contributed by atoms with E-state index < -0.39 is 18.0 Å². The maximum atomic E-state index is 12.6. The molecular weight excluding hydrogens is 344 g/mol. The first-order valence-electron chi connectivity index (χ1n) is 7.75. The van der Waals surface area contributed by atoms with Gasteiger partial charge in [0.15, 0.2) is 0 Å². The number of thioether (sulfide) groups is 1. The lowest BCUT2D eigenvalue weighted by atomic mass is 10.0. The number of fused-ring (bicyclic) bond motifs is 1. The van der Waals surface area contributed by atoms with E-state index in [2.05, 4.69) is 0 Å². The quantitative estimate of drug-likeness (QED) is 0.611. The van der Waals surface area contributed by atoms with Gasteiger partial charge >= 0.3 is 11.9 Å². The van der Waals surface area contributed by atoms with Crippen LogP contribution >= 0.6 is 11.8 Å². The van der Waals surface area contributed by atoms with Crippen LogP contribution in [0.5, 0.6) is 0 Å². The van der Waals surface area contributed by atoms with Gasteiger partial charge in [0.2, 0.25) is 5.91 Å². The summed E-state index contributed by atoms with van der Waals surface area (Å²) in [7, 11) is 0. The Morgan fingerprint density at radius 3 is 2.64 bits per heavy atom. The van der Waals surface area contributed by atoms with Crippen LogP contribution in [0.4, 0.5) is 0 Å². The first kappa shape index (κ1) is 17.5. The molecular formula is C17H18N2O5S. The smallest absolute Gasteiger partial charge is 0.355 e. The second-order valence-electron chi connectivity index (χ2n) is 5.73. The van der Waals surface area contributed by atoms with Crippen molar-refractivity contribution >= 4 is 29.6 Å². The van der Waals surface area contributed by atoms with E-state index in [9.17, 15) is 14.4 Å². The molecule has 1 aromatic carbocycles. The summed E-state index contributed by atoms with van der Waals surface area (Å²) in [6.07, 6.45) is 0. The fourth-order valence-electron chi connectivity index (χ4n) is 2.66. The molecule has 7 nitrogen and oxygen atoms in total. The van der Waals surface area contributed by atoms with E-state index in [1.807, 2.05) is 30.3 Å². The number of ether oxygens (including phenoxy) is 2. The Hall–Kier alpha value is -2.32. The van der Waals surface area contributed by atoms with Crippen LogP contribution in [0, 0.1) is 0 Å². The Bertz CT molecular complexity index is 734. The first-order valence-corrected chi connectivity index (χ1v) is 8.80. The normalized spacial score (nSPS) is 22.2. The van der Waals surface area contributed by atoms with Gasteiger partial charge in [-0.2, -0.15) is 0 Å². The van der Waals surface area contributed by atoms with E-state index in [0.717, 1.165) is 5.56 Å². The number of carbonyl (C=O) groups excluding carboxylic acids is 3. The van der Waals surface area contributed by atoms with E-state index in [1.165, 1.54) is 23.6 Å². The van der Waals surface area contributed by atoms with E-state index >= 15 is 0 Å². The molecule has 2 heterocycles. The molecule has 2 atom stereocenters. The van der Waals surface area contributed by atoms with Gasteiger partial charge in [-0.05, 0) is 5.56 Å². The zero-order valence-electron chi connectivity index (χ0n) is 13.6. The van der Waals surface area contributed by atoms with Gasteiger partial charge < -0.3 is 15.2 Å². The molecule has 3 rings (SSSR count). The van der Waals surface area contributed by atoms with Crippen LogP contribution in [0.3, 0.4) is 0 Å². The first-order chi connectivity index (χ1) is 12.0. The molecule has 2 aliphatic rings. The minimum atomic E-state index is -0.628. The average Bonchev–Trinajstić information content (AvgIpc) is 2.63. The standard InChI is InChI=1S/C17H18N2O5S/c1-10(20)23-8-12-9-25-16-13(18)15(21)19(16)14(12)17(22)24-7-11-5-3-2-4-6-11/h2-6,13,16H,7-9,18H2,1H3/t13?,16-/m1/s1. The Balaban J connectivity index is 1.79. The molecule has 0 bridgehead atoms. The van der Waals surface area contributed by atoms with Crippen molar-refractivity contribution in [3.63, 3.8) is 0 Å². The van der Waals surface area contributed by atoms with E-state index in [0.29, 0.717) is 11.3 Å². The number of nitrogens with two attached hydrogens (primary N) is 1. The number of carbonyl (C=O) groups is 3. The van der Waals surface area contributed by atoms with E-state index in [-0.39, 0.29) is 30.2 Å². The Labute approximate surface area is 149 Å². The largest absolute Gasteiger partial charge is 0.461 e. The van der Waals surface area contributed by atoms with Gasteiger partial charge in [0.05, 0.1) is 0 Å². The summed E-state index contributed by atoms with van der Waals surface area (Å²) < 4.78 is 10.4. The number of benzene rings is 1. The second-order valence-corrected chi connectivity index (χ2v) is 6.83. The van der Waals surface area contributed by atoms with Gasteiger partial charge in [0.25, 0.3) is 0 Å². The molecule has 8 heteroatoms. The van der Waals surface area contributed by atoms with Crippen molar-refractivity contribution in [1.82, 2.24) is 4.90 Å². The highest BCUT2D eigenvalue weighted by atomic mass is 32.2. The predicted molar refractivity (Wildman–Crippen MR) is 91.0 cm³/mol. The lowest BCUT2D eigenvalue weighted by Gasteiger charge is -2.48. The van der Waals surface area contributed by atoms with Crippen molar-refractivity contribution < 1.29 is 23.9 Å². The molecule has 0 saturated carbocycles. The molecule has 1 saturated heterocycles. The number of β-lactam (4-membered cyclic amide) rings is 1. The van der Waals surface area contributed by atoms with Gasteiger partial charge in [-0.25, -0.2) is 4.79 Å². The molecule has 1 aromatic rings. The van der Waals surface area contributed by atoms with Crippen LogP contribution in [0.2, 0.25) is 0 Å². The van der Waals surface area contributed by atoms with E-state index in [1.54, 1.807) is 0 Å². The SMILES string of the molecule is CC(=O)OCC1=C(C(=O)OCc2ccccc2)N2C(=O)C(N)[C@H]2SC1. The summed E-state index contributed by atoms with van der Waals surface area (Å²) in [6.45, 7) is 1.33. The van der Waals surface area contributed by atoms with Crippen molar-refractivity contribution in [1.29, 1.82) is 0 Å². The minimum absolute atomic E-state index is 0.0517. The lowest BCUT2D eigenvalue weighted by Crippen LogP contribution is -2.68. The second kappa shape index (κ2) is 7.28. The highest BCUT2D eigenvalue weighted by Gasteiger charge is 2.52. The highest BCUT2D eigenvalue weighted by Crippen LogP contribution is 2.39. The van der Waals surface area contributed by atoms with Gasteiger partial charge in [-0.1, -0.05) is 30.3 Å². The van der Waals surface area contributed by atoms with Gasteiger partial charge in [-0.15, -0.1) is 11.8 Å². The fraction of sp³-hybridized carbons (Fsp3) is 0.353. The maximum absolute atomic E-state index is 12.6. The number of hydrogen-bond donors (Lipinski definition) is 1. The number of hydrogen-bond acceptors (Lipinski definition) is 7. The molecule has 25 heavy (non-hydrogen) atoms. The summed E-state index contributed by atoms with van der Waals surface area (Å²) in [5.41, 5.74) is 7.34. The number of rotatable bonds is 5. The van der Waals surface area contributed by atoms with Crippen molar-refractivity contribution in [2.45, 2.75) is 24.9 Å². The third-order valence-electron chi connectivity index (χ3n) is 3.94. The summed E-state index contributed by atoms with van der Waals surface area (Å²) in [5, 5.41) is -0.284. The summed E-state index contributed by atoms with van der Waals surface area (Å²) in [4.78, 5) is 37.1. The topological polar surface area (TPSA) is 98.9 Å². The molecule has 0 aliphatic carbocycles. The summed E-state index contributed by atoms with van der Waals surface area (Å²) in [6, 6.07) is 8.61. The molecule has 0 radical (unpaired) electrons. The monoisotopic (exact) mass is 362 g/mol. The number of nitrogens with zero attached hydrogens (tertiary/aromatic N) is 1. The van der Waals surface area contributed by atoms with Crippen molar-refractivity contribution in [3.8, 4) is 0 Å². The van der Waals surface area contributed by atoms with Crippen LogP contribution in [0.1, 0.15) is 12.5 Å².